The molecule has 6 rings (SSSR count). The maximum atomic E-state index is 14.2. The third-order valence-corrected chi connectivity index (χ3v) is 8.59. The van der Waals surface area contributed by atoms with Crippen LogP contribution in [0.2, 0.25) is 0 Å². The van der Waals surface area contributed by atoms with Gasteiger partial charge in [0.2, 0.25) is 0 Å². The van der Waals surface area contributed by atoms with E-state index in [1.807, 2.05) is 11.1 Å². The van der Waals surface area contributed by atoms with Gasteiger partial charge in [0, 0.05) is 73.6 Å². The second-order valence-corrected chi connectivity index (χ2v) is 10.7. The monoisotopic (exact) mass is 534 g/mol. The number of hydrogen-bond acceptors (Lipinski definition) is 9. The zero-order valence-electron chi connectivity index (χ0n) is 20.3. The summed E-state index contributed by atoms with van der Waals surface area (Å²) in [6.07, 6.45) is -0.466. The van der Waals surface area contributed by atoms with E-state index in [9.17, 15) is 13.2 Å². The van der Waals surface area contributed by atoms with Gasteiger partial charge in [-0.15, -0.1) is 16.8 Å². The average Bonchev–Trinajstić information content (AvgIpc) is 3.21. The third kappa shape index (κ3) is 4.87. The van der Waals surface area contributed by atoms with Crippen LogP contribution >= 0.6 is 11.8 Å². The molecule has 0 spiro atoms. The molecule has 8 nitrogen and oxygen atoms in total. The van der Waals surface area contributed by atoms with E-state index in [-0.39, 0.29) is 10.8 Å². The predicted molar refractivity (Wildman–Crippen MR) is 135 cm³/mol. The van der Waals surface area contributed by atoms with E-state index < -0.39 is 11.9 Å². The summed E-state index contributed by atoms with van der Waals surface area (Å²) in [6, 6.07) is 4.05. The molecule has 3 saturated heterocycles. The number of likely N-dealkylation sites (tertiary alicyclic amines) is 1. The topological polar surface area (TPSA) is 66.0 Å². The minimum absolute atomic E-state index is 0.0528. The van der Waals surface area contributed by atoms with Crippen molar-refractivity contribution in [2.45, 2.75) is 35.2 Å². The molecule has 6 heterocycles. The molecule has 198 valence electrons. The molecule has 0 aliphatic carbocycles. The number of pyridine rings is 2. The molecule has 0 aromatic carbocycles. The number of halogens is 3. The number of morpholine rings is 1. The molecule has 0 saturated carbocycles. The van der Waals surface area contributed by atoms with Crippen molar-refractivity contribution in [1.29, 1.82) is 0 Å². The maximum absolute atomic E-state index is 14.2. The fourth-order valence-electron chi connectivity index (χ4n) is 5.51. The summed E-state index contributed by atoms with van der Waals surface area (Å²) < 4.78 is 48.2. The molecule has 0 radical (unpaired) electrons. The van der Waals surface area contributed by atoms with Crippen molar-refractivity contribution in [3.63, 3.8) is 0 Å². The molecule has 37 heavy (non-hydrogen) atoms. The van der Waals surface area contributed by atoms with Crippen LogP contribution in [0.4, 0.5) is 30.4 Å². The highest BCUT2D eigenvalue weighted by atomic mass is 32.2. The number of fused-ring (bicyclic) bond motifs is 2. The number of thioether (sulfide) groups is 1. The lowest BCUT2D eigenvalue weighted by Gasteiger charge is -2.43. The van der Waals surface area contributed by atoms with Gasteiger partial charge < -0.3 is 19.8 Å². The Hall–Kier alpha value is -2.54. The van der Waals surface area contributed by atoms with E-state index in [2.05, 4.69) is 31.7 Å². The van der Waals surface area contributed by atoms with Crippen LogP contribution in [0.25, 0.3) is 0 Å². The molecule has 1 N–H and O–H groups in total. The Balaban J connectivity index is 1.26. The van der Waals surface area contributed by atoms with E-state index in [1.54, 1.807) is 12.3 Å². The smallest absolute Gasteiger partial charge is 0.414 e. The summed E-state index contributed by atoms with van der Waals surface area (Å²) in [5.74, 6) is 0.925. The van der Waals surface area contributed by atoms with Gasteiger partial charge in [0.05, 0.1) is 30.3 Å². The van der Waals surface area contributed by atoms with Gasteiger partial charge in [-0.25, -0.2) is 9.97 Å². The lowest BCUT2D eigenvalue weighted by Crippen LogP contribution is -2.51. The summed E-state index contributed by atoms with van der Waals surface area (Å²) in [5.41, 5.74) is 1.98. The van der Waals surface area contributed by atoms with Crippen molar-refractivity contribution >= 4 is 29.0 Å². The molecular formula is C25H29F3N6O2S. The SMILES string of the molecule is C=CON1CCC(N2CC(c3cc4c(c(C(F)(F)F)n3)SCc3c(N5CCOCC5)ccnc3N4)C2)C1. The Morgan fingerprint density at radius 1 is 1.19 bits per heavy atom. The Labute approximate surface area is 217 Å². The number of alkyl halides is 3. The summed E-state index contributed by atoms with van der Waals surface area (Å²) >= 11 is 1.17. The Morgan fingerprint density at radius 2 is 2.00 bits per heavy atom. The number of hydrogen-bond donors (Lipinski definition) is 1. The zero-order chi connectivity index (χ0) is 25.6. The van der Waals surface area contributed by atoms with Crippen molar-refractivity contribution in [2.75, 3.05) is 62.7 Å². The summed E-state index contributed by atoms with van der Waals surface area (Å²) in [6.45, 7) is 9.26. The van der Waals surface area contributed by atoms with Crippen LogP contribution in [0, 0.1) is 0 Å². The predicted octanol–water partition coefficient (Wildman–Crippen LogP) is 4.23. The van der Waals surface area contributed by atoms with Crippen molar-refractivity contribution in [3.8, 4) is 0 Å². The first kappa shape index (κ1) is 24.8. The Kier molecular flexibility index (Phi) is 6.68. The van der Waals surface area contributed by atoms with Crippen LogP contribution in [0.3, 0.4) is 0 Å². The van der Waals surface area contributed by atoms with Crippen LogP contribution in [-0.4, -0.2) is 78.5 Å². The normalized spacial score (nSPS) is 23.0. The van der Waals surface area contributed by atoms with Gasteiger partial charge in [-0.3, -0.25) is 4.90 Å². The van der Waals surface area contributed by atoms with Gasteiger partial charge in [0.15, 0.2) is 5.69 Å². The molecule has 4 aliphatic rings. The van der Waals surface area contributed by atoms with Gasteiger partial charge in [-0.05, 0) is 18.6 Å². The van der Waals surface area contributed by atoms with Gasteiger partial charge in [0.25, 0.3) is 0 Å². The molecule has 1 atom stereocenters. The molecular weight excluding hydrogens is 505 g/mol. The van der Waals surface area contributed by atoms with Crippen LogP contribution in [0.15, 0.2) is 36.1 Å². The lowest BCUT2D eigenvalue weighted by molar-refractivity contribution is -0.143. The van der Waals surface area contributed by atoms with Gasteiger partial charge >= 0.3 is 6.18 Å². The first-order valence-electron chi connectivity index (χ1n) is 12.5. The standard InChI is InChI=1S/C25H29F3N6O2S/c1-2-36-34-6-4-17(14-34)33-12-16(13-33)19-11-20-22(23(30-19)25(26,27)28)37-15-18-21(3-5-29-24(18)31-20)32-7-9-35-10-8-32/h2-3,5,11,16-17H,1,4,6-10,12-15H2,(H,29,31). The molecule has 3 fully saturated rings. The van der Waals surface area contributed by atoms with Gasteiger partial charge in [0.1, 0.15) is 12.1 Å². The van der Waals surface area contributed by atoms with Crippen molar-refractivity contribution in [3.05, 3.63) is 48.1 Å². The summed E-state index contributed by atoms with van der Waals surface area (Å²) in [7, 11) is 0. The molecule has 2 aromatic rings. The number of ether oxygens (including phenoxy) is 1. The zero-order valence-corrected chi connectivity index (χ0v) is 21.2. The summed E-state index contributed by atoms with van der Waals surface area (Å²) in [4.78, 5) is 18.7. The highest BCUT2D eigenvalue weighted by Gasteiger charge is 2.42. The Morgan fingerprint density at radius 3 is 2.76 bits per heavy atom. The number of anilines is 3. The number of nitrogens with one attached hydrogen (secondary N) is 1. The third-order valence-electron chi connectivity index (χ3n) is 7.45. The van der Waals surface area contributed by atoms with Crippen LogP contribution in [-0.2, 0) is 21.5 Å². The van der Waals surface area contributed by atoms with Crippen LogP contribution < -0.4 is 10.2 Å². The lowest BCUT2D eigenvalue weighted by atomic mass is 9.93. The van der Waals surface area contributed by atoms with Crippen molar-refractivity contribution < 1.29 is 22.7 Å². The molecule has 12 heteroatoms. The first-order chi connectivity index (χ1) is 17.9. The maximum Gasteiger partial charge on any atom is 0.434 e. The fraction of sp³-hybridized carbons (Fsp3) is 0.520. The number of nitrogens with zero attached hydrogens (tertiary/aromatic N) is 5. The molecule has 1 unspecified atom stereocenters. The van der Waals surface area contributed by atoms with Crippen LogP contribution in [0.1, 0.15) is 29.3 Å². The molecule has 4 aliphatic heterocycles. The van der Waals surface area contributed by atoms with E-state index in [0.29, 0.717) is 55.3 Å². The second-order valence-electron chi connectivity index (χ2n) is 9.69. The van der Waals surface area contributed by atoms with Gasteiger partial charge in [-0.2, -0.15) is 13.2 Å². The highest BCUT2D eigenvalue weighted by Crippen LogP contribution is 2.47. The van der Waals surface area contributed by atoms with Crippen molar-refractivity contribution in [2.24, 2.45) is 0 Å². The molecule has 0 amide bonds. The Bertz CT molecular complexity index is 1170. The molecule has 2 aromatic heterocycles. The number of hydroxylamine groups is 2. The number of aromatic nitrogens is 2. The largest absolute Gasteiger partial charge is 0.434 e. The minimum atomic E-state index is -4.55. The van der Waals surface area contributed by atoms with E-state index in [4.69, 9.17) is 9.57 Å². The highest BCUT2D eigenvalue weighted by molar-refractivity contribution is 7.98. The average molecular weight is 535 g/mol. The molecule has 0 bridgehead atoms. The quantitative estimate of drug-likeness (QED) is 0.568. The second kappa shape index (κ2) is 9.97. The van der Waals surface area contributed by atoms with E-state index >= 15 is 0 Å². The van der Waals surface area contributed by atoms with Crippen molar-refractivity contribution in [1.82, 2.24) is 19.9 Å². The first-order valence-corrected chi connectivity index (χ1v) is 13.5. The van der Waals surface area contributed by atoms with Gasteiger partial charge in [-0.1, -0.05) is 6.58 Å². The van der Waals surface area contributed by atoms with E-state index in [1.165, 1.54) is 18.0 Å². The number of rotatable bonds is 5. The fourth-order valence-corrected chi connectivity index (χ4v) is 6.64. The summed E-state index contributed by atoms with van der Waals surface area (Å²) in [5, 5.41) is 5.11. The minimum Gasteiger partial charge on any atom is -0.414 e. The van der Waals surface area contributed by atoms with Crippen LogP contribution in [0.5, 0.6) is 0 Å². The van der Waals surface area contributed by atoms with E-state index in [0.717, 1.165) is 43.9 Å².